The molecule has 0 radical (unpaired) electrons. The molecule has 0 aliphatic rings. The summed E-state index contributed by atoms with van der Waals surface area (Å²) in [6.07, 6.45) is 5.56. The van der Waals surface area contributed by atoms with Crippen LogP contribution in [0.5, 0.6) is 17.2 Å². The maximum Gasteiger partial charge on any atom is 0.334 e. The third-order valence-electron chi connectivity index (χ3n) is 4.71. The number of rotatable bonds is 9. The summed E-state index contributed by atoms with van der Waals surface area (Å²) in [7, 11) is 1.49. The standard InChI is InChI=1S/C25H24N2O5/c1-3-5-17-9-12-22(23(15-17)31-2)32-25(30)21(14-18-7-10-20(28)11-8-18)27-24(29)19-6-4-13-26-16-19/h3-4,6-13,15-16,21,28H,1,5,14H2,2H3,(H,27,29). The predicted molar refractivity (Wildman–Crippen MR) is 120 cm³/mol. The highest BCUT2D eigenvalue weighted by Crippen LogP contribution is 2.29. The topological polar surface area (TPSA) is 97.8 Å². The van der Waals surface area contributed by atoms with Gasteiger partial charge in [0, 0.05) is 18.8 Å². The first-order valence-electron chi connectivity index (χ1n) is 9.98. The molecule has 7 nitrogen and oxygen atoms in total. The summed E-state index contributed by atoms with van der Waals surface area (Å²) in [6, 6.07) is 13.9. The number of methoxy groups -OCH3 is 1. The number of carbonyl (C=O) groups excluding carboxylic acids is 2. The number of aromatic nitrogens is 1. The Labute approximate surface area is 186 Å². The number of amides is 1. The number of carbonyl (C=O) groups is 2. The molecule has 0 bridgehead atoms. The molecule has 2 N–H and O–H groups in total. The van der Waals surface area contributed by atoms with Crippen molar-refractivity contribution < 1.29 is 24.2 Å². The van der Waals surface area contributed by atoms with Gasteiger partial charge in [0.2, 0.25) is 0 Å². The van der Waals surface area contributed by atoms with Gasteiger partial charge in [-0.1, -0.05) is 24.3 Å². The molecule has 1 aromatic heterocycles. The first-order valence-corrected chi connectivity index (χ1v) is 9.98. The summed E-state index contributed by atoms with van der Waals surface area (Å²) >= 11 is 0. The Morgan fingerprint density at radius 2 is 1.88 bits per heavy atom. The molecule has 0 aliphatic heterocycles. The number of allylic oxidation sites excluding steroid dienone is 1. The molecule has 1 heterocycles. The summed E-state index contributed by atoms with van der Waals surface area (Å²) in [6.45, 7) is 3.72. The van der Waals surface area contributed by atoms with Crippen LogP contribution < -0.4 is 14.8 Å². The van der Waals surface area contributed by atoms with Crippen molar-refractivity contribution in [2.75, 3.05) is 7.11 Å². The van der Waals surface area contributed by atoms with Gasteiger partial charge in [0.15, 0.2) is 11.5 Å². The van der Waals surface area contributed by atoms with E-state index in [2.05, 4.69) is 16.9 Å². The Morgan fingerprint density at radius 3 is 2.53 bits per heavy atom. The third-order valence-corrected chi connectivity index (χ3v) is 4.71. The Kier molecular flexibility index (Phi) is 7.59. The van der Waals surface area contributed by atoms with Crippen molar-refractivity contribution in [1.82, 2.24) is 10.3 Å². The molecule has 1 unspecified atom stereocenters. The number of ether oxygens (including phenoxy) is 2. The van der Waals surface area contributed by atoms with Crippen LogP contribution in [0.15, 0.2) is 79.6 Å². The van der Waals surface area contributed by atoms with Crippen LogP contribution in [0.4, 0.5) is 0 Å². The summed E-state index contributed by atoms with van der Waals surface area (Å²) in [4.78, 5) is 29.7. The maximum atomic E-state index is 13.1. The lowest BCUT2D eigenvalue weighted by Gasteiger charge is -2.19. The fourth-order valence-corrected chi connectivity index (χ4v) is 3.07. The summed E-state index contributed by atoms with van der Waals surface area (Å²) in [5.41, 5.74) is 2.02. The second-order valence-electron chi connectivity index (χ2n) is 7.04. The van der Waals surface area contributed by atoms with Crippen LogP contribution in [-0.2, 0) is 17.6 Å². The van der Waals surface area contributed by atoms with E-state index < -0.39 is 17.9 Å². The number of pyridine rings is 1. The minimum absolute atomic E-state index is 0.108. The minimum atomic E-state index is -0.982. The van der Waals surface area contributed by atoms with Crippen molar-refractivity contribution in [1.29, 1.82) is 0 Å². The molecule has 164 valence electrons. The van der Waals surface area contributed by atoms with E-state index in [0.717, 1.165) is 11.1 Å². The van der Waals surface area contributed by atoms with Gasteiger partial charge in [-0.15, -0.1) is 6.58 Å². The van der Waals surface area contributed by atoms with Crippen LogP contribution in [0.2, 0.25) is 0 Å². The van der Waals surface area contributed by atoms with Crippen LogP contribution in [0.25, 0.3) is 0 Å². The van der Waals surface area contributed by atoms with Crippen LogP contribution in [0.1, 0.15) is 21.5 Å². The normalized spacial score (nSPS) is 11.3. The van der Waals surface area contributed by atoms with Crippen molar-refractivity contribution in [2.24, 2.45) is 0 Å². The quantitative estimate of drug-likeness (QED) is 0.305. The van der Waals surface area contributed by atoms with Gasteiger partial charge in [-0.05, 0) is 53.9 Å². The van der Waals surface area contributed by atoms with Crippen molar-refractivity contribution in [2.45, 2.75) is 18.9 Å². The molecule has 3 aromatic rings. The van der Waals surface area contributed by atoms with Crippen LogP contribution in [0.3, 0.4) is 0 Å². The van der Waals surface area contributed by atoms with E-state index in [-0.39, 0.29) is 17.9 Å². The Bertz CT molecular complexity index is 1080. The molecule has 3 rings (SSSR count). The molecular formula is C25H24N2O5. The number of esters is 1. The van der Waals surface area contributed by atoms with Crippen LogP contribution >= 0.6 is 0 Å². The van der Waals surface area contributed by atoms with Gasteiger partial charge in [0.05, 0.1) is 12.7 Å². The zero-order chi connectivity index (χ0) is 22.9. The average Bonchev–Trinajstić information content (AvgIpc) is 2.81. The van der Waals surface area contributed by atoms with E-state index in [4.69, 9.17) is 9.47 Å². The number of nitrogens with one attached hydrogen (secondary N) is 1. The van der Waals surface area contributed by atoms with Gasteiger partial charge in [-0.25, -0.2) is 4.79 Å². The number of phenolic OH excluding ortho intramolecular Hbond substituents is 1. The van der Waals surface area contributed by atoms with Gasteiger partial charge < -0.3 is 19.9 Å². The highest BCUT2D eigenvalue weighted by Gasteiger charge is 2.25. The zero-order valence-corrected chi connectivity index (χ0v) is 17.7. The van der Waals surface area contributed by atoms with Gasteiger partial charge in [-0.2, -0.15) is 0 Å². The fraction of sp³-hybridized carbons (Fsp3) is 0.160. The minimum Gasteiger partial charge on any atom is -0.508 e. The molecule has 32 heavy (non-hydrogen) atoms. The molecular weight excluding hydrogens is 408 g/mol. The summed E-state index contributed by atoms with van der Waals surface area (Å²) in [5, 5.41) is 12.2. The number of benzene rings is 2. The van der Waals surface area contributed by atoms with Gasteiger partial charge in [0.1, 0.15) is 11.8 Å². The number of hydrogen-bond donors (Lipinski definition) is 2. The lowest BCUT2D eigenvalue weighted by atomic mass is 10.1. The van der Waals surface area contributed by atoms with Crippen molar-refractivity contribution >= 4 is 11.9 Å². The van der Waals surface area contributed by atoms with Crippen molar-refractivity contribution in [3.8, 4) is 17.2 Å². The van der Waals surface area contributed by atoms with Crippen molar-refractivity contribution in [3.05, 3.63) is 96.3 Å². The van der Waals surface area contributed by atoms with Crippen molar-refractivity contribution in [3.63, 3.8) is 0 Å². The van der Waals surface area contributed by atoms with E-state index >= 15 is 0 Å². The van der Waals surface area contributed by atoms with Gasteiger partial charge in [0.25, 0.3) is 5.91 Å². The third kappa shape index (κ3) is 5.95. The first-order chi connectivity index (χ1) is 15.5. The lowest BCUT2D eigenvalue weighted by molar-refractivity contribution is -0.136. The fourth-order valence-electron chi connectivity index (χ4n) is 3.07. The average molecular weight is 432 g/mol. The molecule has 7 heteroatoms. The maximum absolute atomic E-state index is 13.1. The Balaban J connectivity index is 1.83. The molecule has 1 atom stereocenters. The highest BCUT2D eigenvalue weighted by atomic mass is 16.6. The molecule has 0 spiro atoms. The van der Waals surface area contributed by atoms with E-state index in [9.17, 15) is 14.7 Å². The largest absolute Gasteiger partial charge is 0.508 e. The summed E-state index contributed by atoms with van der Waals surface area (Å²) < 4.78 is 11.0. The van der Waals surface area contributed by atoms with E-state index in [0.29, 0.717) is 17.7 Å². The Morgan fingerprint density at radius 1 is 1.12 bits per heavy atom. The molecule has 0 saturated carbocycles. The molecule has 2 aromatic carbocycles. The zero-order valence-electron chi connectivity index (χ0n) is 17.7. The van der Waals surface area contributed by atoms with Gasteiger partial charge >= 0.3 is 5.97 Å². The first kappa shape index (κ1) is 22.6. The number of nitrogens with zero attached hydrogens (tertiary/aromatic N) is 1. The lowest BCUT2D eigenvalue weighted by Crippen LogP contribution is -2.44. The molecule has 0 saturated heterocycles. The molecule has 0 aliphatic carbocycles. The van der Waals surface area contributed by atoms with Crippen LogP contribution in [0, 0.1) is 0 Å². The number of phenols is 1. The van der Waals surface area contributed by atoms with E-state index in [1.165, 1.54) is 25.4 Å². The summed E-state index contributed by atoms with van der Waals surface area (Å²) in [5.74, 6) is -0.342. The highest BCUT2D eigenvalue weighted by molar-refractivity contribution is 5.96. The predicted octanol–water partition coefficient (Wildman–Crippen LogP) is 3.47. The Hall–Kier alpha value is -4.13. The monoisotopic (exact) mass is 432 g/mol. The molecule has 1 amide bonds. The number of aromatic hydroxyl groups is 1. The molecule has 0 fully saturated rings. The van der Waals surface area contributed by atoms with E-state index in [1.54, 1.807) is 48.7 Å². The second kappa shape index (κ2) is 10.8. The number of hydrogen-bond acceptors (Lipinski definition) is 6. The van der Waals surface area contributed by atoms with E-state index in [1.807, 2.05) is 6.07 Å². The SMILES string of the molecule is C=CCc1ccc(OC(=O)C(Cc2ccc(O)cc2)NC(=O)c2cccnc2)c(OC)c1. The van der Waals surface area contributed by atoms with Gasteiger partial charge in [-0.3, -0.25) is 9.78 Å². The smallest absolute Gasteiger partial charge is 0.334 e. The van der Waals surface area contributed by atoms with Crippen LogP contribution in [-0.4, -0.2) is 35.1 Å². The second-order valence-corrected chi connectivity index (χ2v) is 7.04.